The summed E-state index contributed by atoms with van der Waals surface area (Å²) in [5.41, 5.74) is 1.10. The van der Waals surface area contributed by atoms with Gasteiger partial charge < -0.3 is 0 Å². The molecule has 0 aliphatic rings. The summed E-state index contributed by atoms with van der Waals surface area (Å²) in [6.45, 7) is 2.09. The van der Waals surface area contributed by atoms with Crippen LogP contribution in [-0.4, -0.2) is 0 Å². The minimum absolute atomic E-state index is 0.108. The van der Waals surface area contributed by atoms with Crippen molar-refractivity contribution < 1.29 is 0 Å². The third-order valence-electron chi connectivity index (χ3n) is 2.24. The largest absolute Gasteiger partial charge is 0.143 e. The highest BCUT2D eigenvalue weighted by atomic mass is 79.9. The first-order valence-corrected chi connectivity index (χ1v) is 7.58. The summed E-state index contributed by atoms with van der Waals surface area (Å²) >= 11 is 15.3. The lowest BCUT2D eigenvalue weighted by atomic mass is 10.1. The van der Waals surface area contributed by atoms with E-state index in [1.54, 1.807) is 11.3 Å². The van der Waals surface area contributed by atoms with Crippen molar-refractivity contribution in [1.29, 1.82) is 0 Å². The Morgan fingerprint density at radius 3 is 2.44 bits per heavy atom. The molecule has 2 aromatic rings. The van der Waals surface area contributed by atoms with E-state index in [-0.39, 0.29) is 5.38 Å². The maximum atomic E-state index is 6.51. The Kier molecular flexibility index (Phi) is 4.11. The SMILES string of the molecule is Cc1cc(Br)c(C(Cl)c2ccccc2Br)s1. The molecule has 1 atom stereocenters. The van der Waals surface area contributed by atoms with Gasteiger partial charge in [0.15, 0.2) is 0 Å². The number of thiophene rings is 1. The summed E-state index contributed by atoms with van der Waals surface area (Å²) in [4.78, 5) is 2.42. The molecule has 2 rings (SSSR count). The quantitative estimate of drug-likeness (QED) is 0.568. The Bertz CT molecular complexity index is 507. The molecule has 16 heavy (non-hydrogen) atoms. The third kappa shape index (κ3) is 2.53. The van der Waals surface area contributed by atoms with Crippen LogP contribution in [0.25, 0.3) is 0 Å². The van der Waals surface area contributed by atoms with Gasteiger partial charge in [0.25, 0.3) is 0 Å². The summed E-state index contributed by atoms with van der Waals surface area (Å²) in [7, 11) is 0. The van der Waals surface area contributed by atoms with E-state index in [1.807, 2.05) is 24.3 Å². The van der Waals surface area contributed by atoms with Crippen molar-refractivity contribution in [3.05, 3.63) is 54.6 Å². The topological polar surface area (TPSA) is 0 Å². The van der Waals surface area contributed by atoms with E-state index >= 15 is 0 Å². The second-order valence-electron chi connectivity index (χ2n) is 3.45. The van der Waals surface area contributed by atoms with Gasteiger partial charge >= 0.3 is 0 Å². The van der Waals surface area contributed by atoms with Crippen LogP contribution in [0.2, 0.25) is 0 Å². The summed E-state index contributed by atoms with van der Waals surface area (Å²) < 4.78 is 2.14. The van der Waals surface area contributed by atoms with Gasteiger partial charge in [-0.2, -0.15) is 0 Å². The summed E-state index contributed by atoms with van der Waals surface area (Å²) in [6, 6.07) is 10.2. The summed E-state index contributed by atoms with van der Waals surface area (Å²) in [5, 5.41) is -0.108. The fraction of sp³-hybridized carbons (Fsp3) is 0.167. The molecule has 0 spiro atoms. The van der Waals surface area contributed by atoms with Crippen molar-refractivity contribution in [2.45, 2.75) is 12.3 Å². The second kappa shape index (κ2) is 5.21. The van der Waals surface area contributed by atoms with E-state index in [2.05, 4.69) is 44.8 Å². The highest BCUT2D eigenvalue weighted by molar-refractivity contribution is 9.10. The molecule has 0 nitrogen and oxygen atoms in total. The molecule has 0 N–H and O–H groups in total. The molecule has 0 aliphatic carbocycles. The molecular weight excluding hydrogens is 371 g/mol. The van der Waals surface area contributed by atoms with Gasteiger partial charge in [-0.05, 0) is 40.5 Å². The van der Waals surface area contributed by atoms with Crippen molar-refractivity contribution in [3.8, 4) is 0 Å². The Balaban J connectivity index is 2.43. The van der Waals surface area contributed by atoms with Gasteiger partial charge in [0.2, 0.25) is 0 Å². The zero-order valence-corrected chi connectivity index (χ0v) is 13.3. The lowest BCUT2D eigenvalue weighted by Gasteiger charge is -2.10. The smallest absolute Gasteiger partial charge is 0.0950 e. The second-order valence-corrected chi connectivity index (χ2v) is 6.89. The van der Waals surface area contributed by atoms with E-state index in [0.717, 1.165) is 19.4 Å². The molecule has 1 aromatic carbocycles. The Morgan fingerprint density at radius 1 is 1.19 bits per heavy atom. The van der Waals surface area contributed by atoms with Crippen LogP contribution < -0.4 is 0 Å². The zero-order valence-electron chi connectivity index (χ0n) is 8.51. The first-order valence-electron chi connectivity index (χ1n) is 4.74. The first kappa shape index (κ1) is 12.6. The minimum atomic E-state index is -0.108. The van der Waals surface area contributed by atoms with Crippen LogP contribution in [-0.2, 0) is 0 Å². The Morgan fingerprint density at radius 2 is 1.88 bits per heavy atom. The molecule has 1 heterocycles. The predicted molar refractivity (Wildman–Crippen MR) is 78.6 cm³/mol. The lowest BCUT2D eigenvalue weighted by Crippen LogP contribution is -1.91. The van der Waals surface area contributed by atoms with E-state index in [1.165, 1.54) is 4.88 Å². The van der Waals surface area contributed by atoms with Crippen molar-refractivity contribution in [2.75, 3.05) is 0 Å². The summed E-state index contributed by atoms with van der Waals surface area (Å²) in [5.74, 6) is 0. The fourth-order valence-electron chi connectivity index (χ4n) is 1.50. The average Bonchev–Trinajstić information content (AvgIpc) is 2.58. The molecule has 4 heteroatoms. The normalized spacial score (nSPS) is 12.8. The van der Waals surface area contributed by atoms with E-state index < -0.39 is 0 Å². The van der Waals surface area contributed by atoms with Crippen LogP contribution in [0.15, 0.2) is 39.3 Å². The van der Waals surface area contributed by atoms with Gasteiger partial charge in [0, 0.05) is 18.7 Å². The maximum Gasteiger partial charge on any atom is 0.0950 e. The number of alkyl halides is 1. The highest BCUT2D eigenvalue weighted by Gasteiger charge is 2.18. The molecule has 0 radical (unpaired) electrons. The van der Waals surface area contributed by atoms with Crippen molar-refractivity contribution >= 4 is 54.8 Å². The standard InChI is InChI=1S/C12H9Br2ClS/c1-7-6-10(14)12(16-7)11(15)8-4-2-3-5-9(8)13/h2-6,11H,1H3. The molecule has 84 valence electrons. The van der Waals surface area contributed by atoms with E-state index in [4.69, 9.17) is 11.6 Å². The maximum absolute atomic E-state index is 6.51. The number of aryl methyl sites for hydroxylation is 1. The minimum Gasteiger partial charge on any atom is -0.143 e. The number of benzene rings is 1. The fourth-order valence-corrected chi connectivity index (χ4v) is 4.59. The van der Waals surface area contributed by atoms with Crippen LogP contribution in [0.4, 0.5) is 0 Å². The molecule has 1 aromatic heterocycles. The van der Waals surface area contributed by atoms with Gasteiger partial charge in [0.1, 0.15) is 0 Å². The van der Waals surface area contributed by atoms with Crippen LogP contribution in [0.5, 0.6) is 0 Å². The number of rotatable bonds is 2. The molecule has 0 bridgehead atoms. The lowest BCUT2D eigenvalue weighted by molar-refractivity contribution is 1.16. The summed E-state index contributed by atoms with van der Waals surface area (Å²) in [6.07, 6.45) is 0. The van der Waals surface area contributed by atoms with E-state index in [9.17, 15) is 0 Å². The molecular formula is C12H9Br2ClS. The highest BCUT2D eigenvalue weighted by Crippen LogP contribution is 2.41. The molecule has 0 fully saturated rings. The predicted octanol–water partition coefficient (Wildman–Crippen LogP) is 5.91. The number of hydrogen-bond acceptors (Lipinski definition) is 1. The van der Waals surface area contributed by atoms with Crippen LogP contribution >= 0.6 is 54.8 Å². The third-order valence-corrected chi connectivity index (χ3v) is 5.58. The van der Waals surface area contributed by atoms with Crippen molar-refractivity contribution in [1.82, 2.24) is 0 Å². The van der Waals surface area contributed by atoms with Crippen molar-refractivity contribution in [3.63, 3.8) is 0 Å². The van der Waals surface area contributed by atoms with E-state index in [0.29, 0.717) is 0 Å². The van der Waals surface area contributed by atoms with Gasteiger partial charge in [-0.1, -0.05) is 34.1 Å². The molecule has 1 unspecified atom stereocenters. The van der Waals surface area contributed by atoms with Crippen molar-refractivity contribution in [2.24, 2.45) is 0 Å². The zero-order chi connectivity index (χ0) is 11.7. The average molecular weight is 381 g/mol. The Labute approximate surface area is 121 Å². The van der Waals surface area contributed by atoms with Crippen LogP contribution in [0, 0.1) is 6.92 Å². The first-order chi connectivity index (χ1) is 7.59. The van der Waals surface area contributed by atoms with Gasteiger partial charge in [-0.25, -0.2) is 0 Å². The number of halogens is 3. The van der Waals surface area contributed by atoms with Crippen LogP contribution in [0.3, 0.4) is 0 Å². The Hall–Kier alpha value is 0.170. The van der Waals surface area contributed by atoms with Gasteiger partial charge in [-0.3, -0.25) is 0 Å². The number of hydrogen-bond donors (Lipinski definition) is 0. The molecule has 0 saturated carbocycles. The monoisotopic (exact) mass is 378 g/mol. The van der Waals surface area contributed by atoms with Crippen LogP contribution in [0.1, 0.15) is 20.7 Å². The molecule has 0 saturated heterocycles. The van der Waals surface area contributed by atoms with Gasteiger partial charge in [0.05, 0.1) is 5.38 Å². The molecule has 0 amide bonds. The van der Waals surface area contributed by atoms with Gasteiger partial charge in [-0.15, -0.1) is 22.9 Å². The molecule has 0 aliphatic heterocycles.